The molecule has 2 bridgehead atoms. The zero-order chi connectivity index (χ0) is 24.9. The molecule has 1 fully saturated rings. The standard InChI is InChI=1S/C27H32N4O4/c1-17(2)23(28)27(34)31-15-13-22-24(31)26(33)30-21(16-19-6-4-3-5-7-19)25(32)29-14-12-18-8-10-20(35-22)11-9-18/h3-12,14,17,21-24H,13,15-16,28H2,1-2H3,(H,29,32)(H,30,33)/b14-12+/t21-,22-,23-,24-/m0/s1. The Morgan fingerprint density at radius 1 is 1.09 bits per heavy atom. The number of fused-ring (bicyclic) bond motifs is 7. The van der Waals surface area contributed by atoms with Gasteiger partial charge in [-0.2, -0.15) is 0 Å². The van der Waals surface area contributed by atoms with Gasteiger partial charge in [0.15, 0.2) is 0 Å². The summed E-state index contributed by atoms with van der Waals surface area (Å²) in [5.41, 5.74) is 7.96. The van der Waals surface area contributed by atoms with E-state index in [0.29, 0.717) is 25.1 Å². The number of hydrogen-bond donors (Lipinski definition) is 3. The largest absolute Gasteiger partial charge is 0.488 e. The van der Waals surface area contributed by atoms with Crippen molar-refractivity contribution in [1.82, 2.24) is 15.5 Å². The van der Waals surface area contributed by atoms with Gasteiger partial charge < -0.3 is 26.0 Å². The molecule has 8 nitrogen and oxygen atoms in total. The quantitative estimate of drug-likeness (QED) is 0.623. The Kier molecular flexibility index (Phi) is 7.51. The number of benzene rings is 2. The van der Waals surface area contributed by atoms with Crippen molar-refractivity contribution in [3.05, 3.63) is 71.9 Å². The summed E-state index contributed by atoms with van der Waals surface area (Å²) in [5, 5.41) is 5.66. The van der Waals surface area contributed by atoms with Crippen LogP contribution in [0.4, 0.5) is 0 Å². The van der Waals surface area contributed by atoms with Gasteiger partial charge in [-0.25, -0.2) is 0 Å². The number of carbonyl (C=O) groups is 3. The summed E-state index contributed by atoms with van der Waals surface area (Å²) in [6.07, 6.45) is 3.55. The molecule has 3 heterocycles. The normalized spacial score (nSPS) is 24.1. The van der Waals surface area contributed by atoms with Gasteiger partial charge in [-0.05, 0) is 35.3 Å². The fourth-order valence-corrected chi connectivity index (χ4v) is 4.39. The predicted octanol–water partition coefficient (Wildman–Crippen LogP) is 1.85. The molecular weight excluding hydrogens is 444 g/mol. The topological polar surface area (TPSA) is 114 Å². The van der Waals surface area contributed by atoms with Crippen molar-refractivity contribution in [2.75, 3.05) is 6.54 Å². The van der Waals surface area contributed by atoms with Crippen molar-refractivity contribution in [2.45, 2.75) is 50.9 Å². The van der Waals surface area contributed by atoms with Crippen molar-refractivity contribution in [3.8, 4) is 5.75 Å². The molecule has 3 aliphatic heterocycles. The molecular formula is C27H32N4O4. The number of likely N-dealkylation sites (tertiary alicyclic amines) is 1. The van der Waals surface area contributed by atoms with E-state index >= 15 is 0 Å². The maximum Gasteiger partial charge on any atom is 0.247 e. The molecule has 0 radical (unpaired) electrons. The molecule has 3 amide bonds. The van der Waals surface area contributed by atoms with Crippen LogP contribution in [-0.2, 0) is 20.8 Å². The average molecular weight is 477 g/mol. The number of nitrogens with two attached hydrogens (primary N) is 1. The lowest BCUT2D eigenvalue weighted by atomic mass is 10.0. The molecule has 0 aromatic heterocycles. The van der Waals surface area contributed by atoms with Crippen molar-refractivity contribution in [3.63, 3.8) is 0 Å². The van der Waals surface area contributed by atoms with Crippen LogP contribution in [0.15, 0.2) is 60.8 Å². The highest BCUT2D eigenvalue weighted by molar-refractivity contribution is 5.94. The Bertz CT molecular complexity index is 1080. The molecule has 35 heavy (non-hydrogen) atoms. The Morgan fingerprint density at radius 3 is 2.49 bits per heavy atom. The van der Waals surface area contributed by atoms with Crippen molar-refractivity contribution >= 4 is 23.8 Å². The third-order valence-electron chi connectivity index (χ3n) is 6.48. The Morgan fingerprint density at radius 2 is 1.80 bits per heavy atom. The highest BCUT2D eigenvalue weighted by atomic mass is 16.5. The smallest absolute Gasteiger partial charge is 0.247 e. The van der Waals surface area contributed by atoms with E-state index in [4.69, 9.17) is 10.5 Å². The summed E-state index contributed by atoms with van der Waals surface area (Å²) in [5.74, 6) is -0.561. The lowest BCUT2D eigenvalue weighted by Crippen LogP contribution is -2.59. The van der Waals surface area contributed by atoms with Crippen LogP contribution >= 0.6 is 0 Å². The molecule has 4 atom stereocenters. The molecule has 2 aromatic rings. The molecule has 184 valence electrons. The summed E-state index contributed by atoms with van der Waals surface area (Å²) in [7, 11) is 0. The number of ether oxygens (including phenoxy) is 1. The van der Waals surface area contributed by atoms with Crippen molar-refractivity contribution in [1.29, 1.82) is 0 Å². The monoisotopic (exact) mass is 476 g/mol. The summed E-state index contributed by atoms with van der Waals surface area (Å²) in [6.45, 7) is 4.09. The number of nitrogens with one attached hydrogen (secondary N) is 2. The van der Waals surface area contributed by atoms with E-state index in [9.17, 15) is 14.4 Å². The fourth-order valence-electron chi connectivity index (χ4n) is 4.39. The number of amides is 3. The van der Waals surface area contributed by atoms with Crippen LogP contribution in [0.1, 0.15) is 31.4 Å². The van der Waals surface area contributed by atoms with Gasteiger partial charge in [0, 0.05) is 25.6 Å². The van der Waals surface area contributed by atoms with Crippen LogP contribution in [0, 0.1) is 5.92 Å². The minimum absolute atomic E-state index is 0.0834. The third-order valence-corrected chi connectivity index (χ3v) is 6.48. The molecule has 3 aliphatic rings. The predicted molar refractivity (Wildman–Crippen MR) is 133 cm³/mol. The maximum absolute atomic E-state index is 13.7. The maximum atomic E-state index is 13.7. The SMILES string of the molecule is CC(C)[C@H](N)C(=O)N1CC[C@@H]2Oc3ccc(cc3)/C=C/NC(=O)[C@H](Cc3ccccc3)NC(=O)[C@H]21. The van der Waals surface area contributed by atoms with Crippen LogP contribution in [-0.4, -0.2) is 53.4 Å². The molecule has 4 N–H and O–H groups in total. The highest BCUT2D eigenvalue weighted by Gasteiger charge is 2.45. The zero-order valence-corrected chi connectivity index (χ0v) is 20.0. The second-order valence-electron chi connectivity index (χ2n) is 9.35. The van der Waals surface area contributed by atoms with E-state index in [0.717, 1.165) is 11.1 Å². The van der Waals surface area contributed by atoms with Gasteiger partial charge in [0.05, 0.1) is 6.04 Å². The van der Waals surface area contributed by atoms with Crippen LogP contribution < -0.4 is 21.1 Å². The number of carbonyl (C=O) groups excluding carboxylic acids is 3. The molecule has 0 spiro atoms. The van der Waals surface area contributed by atoms with Crippen molar-refractivity contribution in [2.24, 2.45) is 11.7 Å². The second kappa shape index (κ2) is 10.7. The lowest BCUT2D eigenvalue weighted by molar-refractivity contribution is -0.142. The lowest BCUT2D eigenvalue weighted by Gasteiger charge is -2.31. The molecule has 0 aliphatic carbocycles. The molecule has 0 unspecified atom stereocenters. The van der Waals surface area contributed by atoms with Gasteiger partial charge in [-0.15, -0.1) is 0 Å². The van der Waals surface area contributed by atoms with Gasteiger partial charge in [0.25, 0.3) is 0 Å². The zero-order valence-electron chi connectivity index (χ0n) is 20.0. The number of nitrogens with zero attached hydrogens (tertiary/aromatic N) is 1. The first-order valence-corrected chi connectivity index (χ1v) is 12.0. The Hall–Kier alpha value is -3.65. The van der Waals surface area contributed by atoms with Gasteiger partial charge in [-0.1, -0.05) is 56.3 Å². The van der Waals surface area contributed by atoms with Gasteiger partial charge >= 0.3 is 0 Å². The Labute approximate surface area is 205 Å². The molecule has 5 rings (SSSR count). The number of hydrogen-bond acceptors (Lipinski definition) is 5. The summed E-state index contributed by atoms with van der Waals surface area (Å²) in [4.78, 5) is 41.4. The fraction of sp³-hybridized carbons (Fsp3) is 0.370. The van der Waals surface area contributed by atoms with Gasteiger partial charge in [-0.3, -0.25) is 14.4 Å². The van der Waals surface area contributed by atoms with Gasteiger partial charge in [0.2, 0.25) is 17.7 Å². The van der Waals surface area contributed by atoms with E-state index in [1.54, 1.807) is 12.3 Å². The van der Waals surface area contributed by atoms with Gasteiger partial charge in [0.1, 0.15) is 23.9 Å². The first-order chi connectivity index (χ1) is 16.8. The summed E-state index contributed by atoms with van der Waals surface area (Å²) in [6, 6.07) is 14.3. The highest BCUT2D eigenvalue weighted by Crippen LogP contribution is 2.26. The molecule has 1 saturated heterocycles. The minimum Gasteiger partial charge on any atom is -0.488 e. The van der Waals surface area contributed by atoms with Crippen LogP contribution in [0.25, 0.3) is 6.08 Å². The van der Waals surface area contributed by atoms with Crippen LogP contribution in [0.2, 0.25) is 0 Å². The third kappa shape index (κ3) is 5.71. The summed E-state index contributed by atoms with van der Waals surface area (Å²) < 4.78 is 6.19. The second-order valence-corrected chi connectivity index (χ2v) is 9.35. The van der Waals surface area contributed by atoms with E-state index in [1.165, 1.54) is 4.90 Å². The van der Waals surface area contributed by atoms with E-state index in [-0.39, 0.29) is 17.7 Å². The first kappa shape index (κ1) is 24.5. The van der Waals surface area contributed by atoms with Crippen molar-refractivity contribution < 1.29 is 19.1 Å². The Balaban J connectivity index is 1.68. The van der Waals surface area contributed by atoms with E-state index in [1.807, 2.05) is 68.4 Å². The first-order valence-electron chi connectivity index (χ1n) is 12.0. The number of rotatable bonds is 4. The summed E-state index contributed by atoms with van der Waals surface area (Å²) >= 11 is 0. The molecule has 2 aromatic carbocycles. The average Bonchev–Trinajstić information content (AvgIpc) is 3.27. The molecule has 8 heteroatoms. The van der Waals surface area contributed by atoms with E-state index in [2.05, 4.69) is 10.6 Å². The molecule has 0 saturated carbocycles. The van der Waals surface area contributed by atoms with Crippen LogP contribution in [0.3, 0.4) is 0 Å². The van der Waals surface area contributed by atoms with E-state index < -0.39 is 30.1 Å². The van der Waals surface area contributed by atoms with Crippen LogP contribution in [0.5, 0.6) is 5.75 Å². The minimum atomic E-state index is -0.906.